The number of aromatic amines is 2. The normalized spacial score (nSPS) is 13.2. The molecule has 1 aliphatic rings. The first-order valence-electron chi connectivity index (χ1n) is 9.79. The Morgan fingerprint density at radius 1 is 1.00 bits per heavy atom. The average Bonchev–Trinajstić information content (AvgIpc) is 3.13. The van der Waals surface area contributed by atoms with Gasteiger partial charge in [0.2, 0.25) is 0 Å². The van der Waals surface area contributed by atoms with Crippen molar-refractivity contribution >= 4 is 22.5 Å². The summed E-state index contributed by atoms with van der Waals surface area (Å²) in [5.74, 6) is -0.152. The van der Waals surface area contributed by atoms with Gasteiger partial charge in [0.25, 0.3) is 11.5 Å². The zero-order valence-electron chi connectivity index (χ0n) is 15.8. The van der Waals surface area contributed by atoms with Crippen LogP contribution < -0.4 is 10.9 Å². The zero-order valence-corrected chi connectivity index (χ0v) is 15.8. The number of carbonyl (C=O) groups is 1. The smallest absolute Gasteiger partial charge is 0.264 e. The van der Waals surface area contributed by atoms with Gasteiger partial charge in [0, 0.05) is 28.4 Å². The van der Waals surface area contributed by atoms with Crippen molar-refractivity contribution in [1.82, 2.24) is 15.2 Å². The molecule has 2 aromatic carbocycles. The second-order valence-electron chi connectivity index (χ2n) is 7.36. The molecule has 29 heavy (non-hydrogen) atoms. The van der Waals surface area contributed by atoms with E-state index >= 15 is 0 Å². The van der Waals surface area contributed by atoms with Crippen LogP contribution in [0.3, 0.4) is 0 Å². The molecule has 1 aliphatic carbocycles. The molecule has 2 heterocycles. The molecule has 0 saturated heterocycles. The van der Waals surface area contributed by atoms with E-state index in [1.807, 2.05) is 36.4 Å². The quantitative estimate of drug-likeness (QED) is 0.498. The monoisotopic (exact) mass is 384 g/mol. The summed E-state index contributed by atoms with van der Waals surface area (Å²) in [6.45, 7) is 0. The lowest BCUT2D eigenvalue weighted by Crippen LogP contribution is -2.12. The highest BCUT2D eigenvalue weighted by Crippen LogP contribution is 2.31. The summed E-state index contributed by atoms with van der Waals surface area (Å²) in [5, 5.41) is 10.6. The van der Waals surface area contributed by atoms with Gasteiger partial charge in [0.15, 0.2) is 0 Å². The molecule has 4 aromatic rings. The Morgan fingerprint density at radius 3 is 2.72 bits per heavy atom. The zero-order chi connectivity index (χ0) is 19.8. The predicted octanol–water partition coefficient (Wildman–Crippen LogP) is 4.05. The fourth-order valence-corrected chi connectivity index (χ4v) is 4.08. The van der Waals surface area contributed by atoms with Crippen LogP contribution in [0.1, 0.15) is 34.5 Å². The molecule has 1 amide bonds. The van der Waals surface area contributed by atoms with E-state index < -0.39 is 0 Å². The van der Waals surface area contributed by atoms with Crippen LogP contribution in [-0.4, -0.2) is 21.1 Å². The van der Waals surface area contributed by atoms with Crippen LogP contribution in [0.25, 0.3) is 22.2 Å². The summed E-state index contributed by atoms with van der Waals surface area (Å²) >= 11 is 0. The number of amides is 1. The number of hydrogen-bond donors (Lipinski definition) is 3. The molecular weight excluding hydrogens is 364 g/mol. The molecular formula is C23H20N4O2. The van der Waals surface area contributed by atoms with Crippen LogP contribution in [-0.2, 0) is 12.8 Å². The summed E-state index contributed by atoms with van der Waals surface area (Å²) in [6.07, 6.45) is 4.49. The number of aryl methyl sites for hydroxylation is 2. The van der Waals surface area contributed by atoms with E-state index in [1.165, 1.54) is 30.2 Å². The van der Waals surface area contributed by atoms with Crippen molar-refractivity contribution in [3.63, 3.8) is 0 Å². The van der Waals surface area contributed by atoms with Crippen molar-refractivity contribution in [2.75, 3.05) is 5.32 Å². The van der Waals surface area contributed by atoms with Crippen LogP contribution in [0.15, 0.2) is 59.4 Å². The second kappa shape index (κ2) is 7.05. The molecule has 0 aliphatic heterocycles. The molecule has 0 atom stereocenters. The van der Waals surface area contributed by atoms with Crippen LogP contribution in [0.2, 0.25) is 0 Å². The van der Waals surface area contributed by atoms with Crippen molar-refractivity contribution in [3.8, 4) is 11.3 Å². The van der Waals surface area contributed by atoms with Gasteiger partial charge in [0.1, 0.15) is 0 Å². The van der Waals surface area contributed by atoms with E-state index in [9.17, 15) is 9.59 Å². The standard InChI is InChI=1S/C23H20N4O2/c28-21-12-11-19(26-27-21)14-5-3-6-15(13-14)24-23(29)18-9-4-8-17-16-7-1-2-10-20(16)25-22(17)18/h3-6,8-9,11-13,25H,1-2,7,10H2,(H,24,29)(H,27,28). The fraction of sp³-hybridized carbons (Fsp3) is 0.174. The van der Waals surface area contributed by atoms with Crippen LogP contribution in [0, 0.1) is 0 Å². The van der Waals surface area contributed by atoms with Crippen molar-refractivity contribution in [2.45, 2.75) is 25.7 Å². The van der Waals surface area contributed by atoms with Gasteiger partial charge in [0.05, 0.1) is 16.8 Å². The molecule has 0 unspecified atom stereocenters. The number of fused-ring (bicyclic) bond motifs is 3. The molecule has 5 rings (SSSR count). The van der Waals surface area contributed by atoms with E-state index in [4.69, 9.17) is 0 Å². The van der Waals surface area contributed by atoms with Gasteiger partial charge in [-0.25, -0.2) is 5.10 Å². The van der Waals surface area contributed by atoms with E-state index in [0.29, 0.717) is 16.9 Å². The SMILES string of the molecule is O=C(Nc1cccc(-c2ccc(=O)[nH]n2)c1)c1cccc2c3c([nH]c12)CCCC3. The molecule has 6 nitrogen and oxygen atoms in total. The minimum atomic E-state index is -0.250. The number of aromatic nitrogens is 3. The van der Waals surface area contributed by atoms with Gasteiger partial charge in [-0.2, -0.15) is 5.10 Å². The Labute approximate surface area is 167 Å². The first-order chi connectivity index (χ1) is 14.2. The summed E-state index contributed by atoms with van der Waals surface area (Å²) in [6, 6.07) is 16.4. The lowest BCUT2D eigenvalue weighted by molar-refractivity contribution is 0.102. The van der Waals surface area contributed by atoms with Crippen LogP contribution in [0.5, 0.6) is 0 Å². The van der Waals surface area contributed by atoms with Gasteiger partial charge in [-0.05, 0) is 55.5 Å². The number of nitrogens with one attached hydrogen (secondary N) is 3. The molecule has 6 heteroatoms. The van der Waals surface area contributed by atoms with Gasteiger partial charge < -0.3 is 10.3 Å². The number of para-hydroxylation sites is 1. The third kappa shape index (κ3) is 3.23. The summed E-state index contributed by atoms with van der Waals surface area (Å²) in [4.78, 5) is 27.8. The van der Waals surface area contributed by atoms with Gasteiger partial charge in [-0.1, -0.05) is 24.3 Å². The Kier molecular flexibility index (Phi) is 4.24. The summed E-state index contributed by atoms with van der Waals surface area (Å²) in [7, 11) is 0. The maximum Gasteiger partial charge on any atom is 0.264 e. The van der Waals surface area contributed by atoms with Crippen molar-refractivity contribution < 1.29 is 4.79 Å². The number of hydrogen-bond acceptors (Lipinski definition) is 3. The highest BCUT2D eigenvalue weighted by atomic mass is 16.1. The first kappa shape index (κ1) is 17.4. The Morgan fingerprint density at radius 2 is 1.86 bits per heavy atom. The topological polar surface area (TPSA) is 90.6 Å². The highest BCUT2D eigenvalue weighted by Gasteiger charge is 2.19. The van der Waals surface area contributed by atoms with Crippen molar-refractivity contribution in [3.05, 3.63) is 81.8 Å². The van der Waals surface area contributed by atoms with Crippen LogP contribution >= 0.6 is 0 Å². The summed E-state index contributed by atoms with van der Waals surface area (Å²) < 4.78 is 0. The number of carbonyl (C=O) groups excluding carboxylic acids is 1. The molecule has 0 fully saturated rings. The lowest BCUT2D eigenvalue weighted by atomic mass is 9.95. The minimum absolute atomic E-state index is 0.152. The Bertz CT molecular complexity index is 1270. The van der Waals surface area contributed by atoms with Crippen molar-refractivity contribution in [1.29, 1.82) is 0 Å². The lowest BCUT2D eigenvalue weighted by Gasteiger charge is -2.10. The van der Waals surface area contributed by atoms with Gasteiger partial charge in [-0.3, -0.25) is 9.59 Å². The molecule has 0 bridgehead atoms. The first-order valence-corrected chi connectivity index (χ1v) is 9.79. The number of H-pyrrole nitrogens is 2. The molecule has 0 spiro atoms. The maximum absolute atomic E-state index is 13.0. The molecule has 3 N–H and O–H groups in total. The highest BCUT2D eigenvalue weighted by molar-refractivity contribution is 6.12. The van der Waals surface area contributed by atoms with Gasteiger partial charge >= 0.3 is 0 Å². The van der Waals surface area contributed by atoms with E-state index in [-0.39, 0.29) is 11.5 Å². The number of rotatable bonds is 3. The third-order valence-corrected chi connectivity index (χ3v) is 5.47. The number of benzene rings is 2. The molecule has 2 aromatic heterocycles. The fourth-order valence-electron chi connectivity index (χ4n) is 4.08. The Balaban J connectivity index is 1.46. The summed E-state index contributed by atoms with van der Waals surface area (Å²) in [5.41, 5.74) is 6.05. The van der Waals surface area contributed by atoms with Crippen LogP contribution in [0.4, 0.5) is 5.69 Å². The predicted molar refractivity (Wildman–Crippen MR) is 113 cm³/mol. The van der Waals surface area contributed by atoms with E-state index in [1.54, 1.807) is 6.07 Å². The molecule has 144 valence electrons. The van der Waals surface area contributed by atoms with Crippen molar-refractivity contribution in [2.24, 2.45) is 0 Å². The largest absolute Gasteiger partial charge is 0.358 e. The van der Waals surface area contributed by atoms with E-state index in [2.05, 4.69) is 26.6 Å². The Hall–Kier alpha value is -3.67. The number of nitrogens with zero attached hydrogens (tertiary/aromatic N) is 1. The maximum atomic E-state index is 13.0. The molecule has 0 saturated carbocycles. The second-order valence-corrected chi connectivity index (χ2v) is 7.36. The minimum Gasteiger partial charge on any atom is -0.358 e. The average molecular weight is 384 g/mol. The van der Waals surface area contributed by atoms with Gasteiger partial charge in [-0.15, -0.1) is 0 Å². The molecule has 0 radical (unpaired) electrons. The number of anilines is 1. The van der Waals surface area contributed by atoms with E-state index in [0.717, 1.165) is 29.3 Å². The third-order valence-electron chi connectivity index (χ3n) is 5.47.